The van der Waals surface area contributed by atoms with E-state index in [-0.39, 0.29) is 10.6 Å². The summed E-state index contributed by atoms with van der Waals surface area (Å²) in [5.74, 6) is -0.401. The first-order valence-corrected chi connectivity index (χ1v) is 12.1. The molecule has 0 unspecified atom stereocenters. The normalized spacial score (nSPS) is 14.6. The van der Waals surface area contributed by atoms with Crippen LogP contribution in [-0.2, 0) is 10.0 Å². The number of nitrogens with zero attached hydrogens (tertiary/aromatic N) is 3. The van der Waals surface area contributed by atoms with Crippen LogP contribution in [0.1, 0.15) is 28.9 Å². The van der Waals surface area contributed by atoms with E-state index < -0.39 is 15.9 Å². The summed E-state index contributed by atoms with van der Waals surface area (Å²) in [6.07, 6.45) is 1.71. The zero-order valence-electron chi connectivity index (χ0n) is 18.0. The molecule has 0 saturated carbocycles. The van der Waals surface area contributed by atoms with Crippen molar-refractivity contribution in [1.82, 2.24) is 14.4 Å². The van der Waals surface area contributed by atoms with Crippen LogP contribution in [0, 0.1) is 6.92 Å². The zero-order valence-corrected chi connectivity index (χ0v) is 18.8. The molecule has 33 heavy (non-hydrogen) atoms. The molecule has 3 heterocycles. The number of hydrogen-bond donors (Lipinski definition) is 1. The Morgan fingerprint density at radius 2 is 1.79 bits per heavy atom. The molecule has 1 aliphatic heterocycles. The van der Waals surface area contributed by atoms with Gasteiger partial charge >= 0.3 is 0 Å². The summed E-state index contributed by atoms with van der Waals surface area (Å²) in [5, 5.41) is 7.32. The Kier molecular flexibility index (Phi) is 5.43. The number of carbonyl (C=O) groups excluding carboxylic acids is 1. The van der Waals surface area contributed by atoms with Crippen molar-refractivity contribution in [1.29, 1.82) is 0 Å². The van der Waals surface area contributed by atoms with Gasteiger partial charge in [-0.05, 0) is 44.0 Å². The van der Waals surface area contributed by atoms with Crippen molar-refractivity contribution < 1.29 is 17.7 Å². The lowest BCUT2D eigenvalue weighted by Gasteiger charge is -2.16. The van der Waals surface area contributed by atoms with Gasteiger partial charge in [-0.25, -0.2) is 13.4 Å². The lowest BCUT2D eigenvalue weighted by Crippen LogP contribution is -2.27. The van der Waals surface area contributed by atoms with Crippen LogP contribution in [0.5, 0.6) is 0 Å². The fourth-order valence-electron chi connectivity index (χ4n) is 4.04. The molecule has 5 rings (SSSR count). The number of sulfonamides is 1. The van der Waals surface area contributed by atoms with Crippen LogP contribution in [0.2, 0.25) is 0 Å². The summed E-state index contributed by atoms with van der Waals surface area (Å²) in [7, 11) is -3.59. The van der Waals surface area contributed by atoms with E-state index in [1.165, 1.54) is 10.4 Å². The molecule has 0 radical (unpaired) electrons. The van der Waals surface area contributed by atoms with Gasteiger partial charge in [-0.3, -0.25) is 4.79 Å². The minimum absolute atomic E-state index is 0.160. The Morgan fingerprint density at radius 1 is 1.03 bits per heavy atom. The Labute approximate surface area is 191 Å². The lowest BCUT2D eigenvalue weighted by atomic mass is 10.1. The van der Waals surface area contributed by atoms with Crippen LogP contribution in [0.25, 0.3) is 22.4 Å². The number of rotatable bonds is 5. The molecule has 1 N–H and O–H groups in total. The van der Waals surface area contributed by atoms with Crippen molar-refractivity contribution in [3.63, 3.8) is 0 Å². The van der Waals surface area contributed by atoms with Gasteiger partial charge < -0.3 is 9.84 Å². The molecule has 1 fully saturated rings. The summed E-state index contributed by atoms with van der Waals surface area (Å²) in [6, 6.07) is 17.5. The fraction of sp³-hybridized carbons (Fsp3) is 0.208. The maximum Gasteiger partial charge on any atom is 0.259 e. The number of anilines is 1. The second-order valence-corrected chi connectivity index (χ2v) is 9.90. The van der Waals surface area contributed by atoms with Gasteiger partial charge in [-0.1, -0.05) is 41.6 Å². The Balaban J connectivity index is 1.50. The number of pyridine rings is 1. The van der Waals surface area contributed by atoms with Gasteiger partial charge in [-0.15, -0.1) is 0 Å². The number of aryl methyl sites for hydroxylation is 1. The quantitative estimate of drug-likeness (QED) is 0.476. The van der Waals surface area contributed by atoms with E-state index in [4.69, 9.17) is 4.52 Å². The van der Waals surface area contributed by atoms with E-state index in [2.05, 4.69) is 15.5 Å². The third-order valence-corrected chi connectivity index (χ3v) is 7.62. The third kappa shape index (κ3) is 4.01. The summed E-state index contributed by atoms with van der Waals surface area (Å²) in [6.45, 7) is 2.78. The van der Waals surface area contributed by atoms with Crippen LogP contribution in [0.3, 0.4) is 0 Å². The number of nitrogens with one attached hydrogen (secondary N) is 1. The minimum Gasteiger partial charge on any atom is -0.335 e. The molecular weight excluding hydrogens is 440 g/mol. The van der Waals surface area contributed by atoms with E-state index >= 15 is 0 Å². The van der Waals surface area contributed by atoms with E-state index in [0.29, 0.717) is 41.1 Å². The van der Waals surface area contributed by atoms with Gasteiger partial charge in [0.25, 0.3) is 11.6 Å². The molecule has 0 spiro atoms. The first kappa shape index (κ1) is 21.3. The minimum atomic E-state index is -3.59. The van der Waals surface area contributed by atoms with E-state index in [1.807, 2.05) is 30.3 Å². The van der Waals surface area contributed by atoms with Gasteiger partial charge in [0.1, 0.15) is 0 Å². The molecule has 1 saturated heterocycles. The molecular formula is C24H22N4O4S. The topological polar surface area (TPSA) is 105 Å². The molecule has 0 bridgehead atoms. The summed E-state index contributed by atoms with van der Waals surface area (Å²) < 4.78 is 32.7. The fourth-order valence-corrected chi connectivity index (χ4v) is 5.60. The Hall–Kier alpha value is -3.56. The molecule has 1 amide bonds. The van der Waals surface area contributed by atoms with Crippen LogP contribution in [0.4, 0.5) is 5.69 Å². The monoisotopic (exact) mass is 462 g/mol. The first-order chi connectivity index (χ1) is 15.9. The zero-order chi connectivity index (χ0) is 23.0. The molecule has 2 aromatic carbocycles. The number of amides is 1. The molecule has 8 nitrogen and oxygen atoms in total. The summed E-state index contributed by atoms with van der Waals surface area (Å²) >= 11 is 0. The van der Waals surface area contributed by atoms with Gasteiger partial charge in [0.15, 0.2) is 0 Å². The third-order valence-electron chi connectivity index (χ3n) is 5.73. The van der Waals surface area contributed by atoms with E-state index in [0.717, 1.165) is 18.4 Å². The Bertz CT molecular complexity index is 1440. The molecule has 0 atom stereocenters. The van der Waals surface area contributed by atoms with E-state index in [1.54, 1.807) is 31.2 Å². The molecule has 4 aromatic rings. The second-order valence-electron chi connectivity index (χ2n) is 7.96. The highest BCUT2D eigenvalue weighted by Crippen LogP contribution is 2.28. The highest BCUT2D eigenvalue weighted by molar-refractivity contribution is 7.89. The van der Waals surface area contributed by atoms with Gasteiger partial charge in [0.2, 0.25) is 10.0 Å². The van der Waals surface area contributed by atoms with Crippen molar-refractivity contribution in [2.45, 2.75) is 24.7 Å². The Morgan fingerprint density at radius 3 is 2.55 bits per heavy atom. The van der Waals surface area contributed by atoms with Crippen LogP contribution >= 0.6 is 0 Å². The second kappa shape index (κ2) is 8.42. The molecule has 9 heteroatoms. The maximum atomic E-state index is 13.3. The van der Waals surface area contributed by atoms with Crippen LogP contribution in [-0.4, -0.2) is 41.9 Å². The molecule has 2 aromatic heterocycles. The van der Waals surface area contributed by atoms with Crippen molar-refractivity contribution in [3.05, 3.63) is 71.9 Å². The largest absolute Gasteiger partial charge is 0.335 e. The number of fused-ring (bicyclic) bond motifs is 1. The highest BCUT2D eigenvalue weighted by atomic mass is 32.2. The smallest absolute Gasteiger partial charge is 0.259 e. The predicted octanol–water partition coefficient (Wildman–Crippen LogP) is 4.24. The van der Waals surface area contributed by atoms with Crippen molar-refractivity contribution in [2.75, 3.05) is 18.4 Å². The number of aromatic nitrogens is 2. The highest BCUT2D eigenvalue weighted by Gasteiger charge is 2.27. The van der Waals surface area contributed by atoms with Gasteiger partial charge in [0.05, 0.1) is 27.2 Å². The molecule has 0 aliphatic carbocycles. The predicted molar refractivity (Wildman–Crippen MR) is 124 cm³/mol. The summed E-state index contributed by atoms with van der Waals surface area (Å²) in [5.41, 5.74) is 2.97. The average molecular weight is 463 g/mol. The van der Waals surface area contributed by atoms with Gasteiger partial charge in [0, 0.05) is 24.3 Å². The molecule has 1 aliphatic rings. The van der Waals surface area contributed by atoms with Crippen molar-refractivity contribution >= 4 is 32.7 Å². The van der Waals surface area contributed by atoms with Crippen molar-refractivity contribution in [2.24, 2.45) is 0 Å². The van der Waals surface area contributed by atoms with Gasteiger partial charge in [-0.2, -0.15) is 4.31 Å². The van der Waals surface area contributed by atoms with Crippen LogP contribution < -0.4 is 5.32 Å². The maximum absolute atomic E-state index is 13.3. The summed E-state index contributed by atoms with van der Waals surface area (Å²) in [4.78, 5) is 18.0. The van der Waals surface area contributed by atoms with E-state index in [9.17, 15) is 13.2 Å². The number of carbonyl (C=O) groups is 1. The lowest BCUT2D eigenvalue weighted by molar-refractivity contribution is 0.102. The number of hydrogen-bond acceptors (Lipinski definition) is 6. The SMILES string of the molecule is Cc1noc2nc(-c3ccccc3)cc(C(=O)Nc3cccc(S(=O)(=O)N4CCCC4)c3)c12. The number of benzene rings is 2. The molecule has 168 valence electrons. The van der Waals surface area contributed by atoms with Crippen molar-refractivity contribution in [3.8, 4) is 11.3 Å². The van der Waals surface area contributed by atoms with Crippen LogP contribution in [0.15, 0.2) is 70.1 Å². The average Bonchev–Trinajstić information content (AvgIpc) is 3.50. The first-order valence-electron chi connectivity index (χ1n) is 10.7. The standard InChI is InChI=1S/C24H22N4O4S/c1-16-22-20(15-21(26-24(22)32-27-16)17-8-3-2-4-9-17)23(29)25-18-10-7-11-19(14-18)33(30,31)28-12-5-6-13-28/h2-4,7-11,14-15H,5-6,12-13H2,1H3,(H,25,29).